The standard InChI is InChI=1S/C13H15N3O3S/c14-11(17)10-8-4-3-7(16-19)5-9(8)20-13(10)15-12(18)6-1-2-6/h6,19H,1-5H2,(H2,14,17)(H,15,18)/b16-7+. The van der Waals surface area contributed by atoms with Crippen molar-refractivity contribution in [2.75, 3.05) is 5.32 Å². The van der Waals surface area contributed by atoms with Gasteiger partial charge in [-0.2, -0.15) is 0 Å². The van der Waals surface area contributed by atoms with Crippen LogP contribution < -0.4 is 11.1 Å². The number of hydrogen-bond donors (Lipinski definition) is 3. The maximum Gasteiger partial charge on any atom is 0.251 e. The minimum atomic E-state index is -0.516. The molecule has 106 valence electrons. The molecule has 3 rings (SSSR count). The van der Waals surface area contributed by atoms with Gasteiger partial charge in [0.2, 0.25) is 5.91 Å². The summed E-state index contributed by atoms with van der Waals surface area (Å²) >= 11 is 1.36. The molecule has 1 heterocycles. The molecule has 20 heavy (non-hydrogen) atoms. The van der Waals surface area contributed by atoms with Crippen LogP contribution in [0.15, 0.2) is 5.16 Å². The first-order valence-electron chi connectivity index (χ1n) is 6.55. The number of carbonyl (C=O) groups is 2. The summed E-state index contributed by atoms with van der Waals surface area (Å²) in [6.07, 6.45) is 3.55. The number of fused-ring (bicyclic) bond motifs is 1. The van der Waals surface area contributed by atoms with E-state index in [4.69, 9.17) is 10.9 Å². The normalized spacial score (nSPS) is 19.7. The molecule has 1 aromatic rings. The van der Waals surface area contributed by atoms with Crippen molar-refractivity contribution in [3.63, 3.8) is 0 Å². The van der Waals surface area contributed by atoms with Gasteiger partial charge in [0.15, 0.2) is 0 Å². The lowest BCUT2D eigenvalue weighted by Crippen LogP contribution is -2.20. The van der Waals surface area contributed by atoms with Crippen LogP contribution in [0.25, 0.3) is 0 Å². The smallest absolute Gasteiger partial charge is 0.251 e. The van der Waals surface area contributed by atoms with Crippen LogP contribution in [0.4, 0.5) is 5.00 Å². The van der Waals surface area contributed by atoms with E-state index in [2.05, 4.69) is 10.5 Å². The SMILES string of the molecule is NC(=O)c1c(NC(=O)C2CC2)sc2c1CC/C(=N\O)C2. The van der Waals surface area contributed by atoms with Gasteiger partial charge in [-0.25, -0.2) is 0 Å². The predicted molar refractivity (Wildman–Crippen MR) is 75.4 cm³/mol. The number of nitrogens with zero attached hydrogens (tertiary/aromatic N) is 1. The zero-order valence-electron chi connectivity index (χ0n) is 10.8. The number of anilines is 1. The van der Waals surface area contributed by atoms with Crippen molar-refractivity contribution in [2.24, 2.45) is 16.8 Å². The van der Waals surface area contributed by atoms with E-state index in [1.54, 1.807) is 0 Å². The first-order valence-corrected chi connectivity index (χ1v) is 7.36. The van der Waals surface area contributed by atoms with Crippen LogP contribution in [0.2, 0.25) is 0 Å². The van der Waals surface area contributed by atoms with Crippen molar-refractivity contribution in [1.82, 2.24) is 0 Å². The molecule has 1 fully saturated rings. The number of primary amides is 1. The van der Waals surface area contributed by atoms with Crippen LogP contribution in [0.3, 0.4) is 0 Å². The van der Waals surface area contributed by atoms with E-state index in [0.717, 1.165) is 23.3 Å². The quantitative estimate of drug-likeness (QED) is 0.581. The van der Waals surface area contributed by atoms with Crippen molar-refractivity contribution in [3.05, 3.63) is 16.0 Å². The molecule has 0 bridgehead atoms. The maximum atomic E-state index is 11.9. The summed E-state index contributed by atoms with van der Waals surface area (Å²) in [7, 11) is 0. The third-order valence-corrected chi connectivity index (χ3v) is 4.84. The Labute approximate surface area is 119 Å². The summed E-state index contributed by atoms with van der Waals surface area (Å²) in [5.74, 6) is -0.482. The lowest BCUT2D eigenvalue weighted by molar-refractivity contribution is -0.117. The Bertz CT molecular complexity index is 617. The molecular formula is C13H15N3O3S. The third kappa shape index (κ3) is 2.29. The Morgan fingerprint density at radius 1 is 1.35 bits per heavy atom. The fourth-order valence-corrected chi connectivity index (χ4v) is 3.75. The molecule has 0 radical (unpaired) electrons. The highest BCUT2D eigenvalue weighted by molar-refractivity contribution is 7.17. The Hall–Kier alpha value is -1.89. The van der Waals surface area contributed by atoms with Crippen LogP contribution in [-0.2, 0) is 17.6 Å². The third-order valence-electron chi connectivity index (χ3n) is 3.69. The van der Waals surface area contributed by atoms with Crippen LogP contribution >= 0.6 is 11.3 Å². The van der Waals surface area contributed by atoms with Gasteiger partial charge < -0.3 is 16.3 Å². The molecule has 1 aromatic heterocycles. The molecule has 2 aliphatic carbocycles. The second kappa shape index (κ2) is 4.90. The van der Waals surface area contributed by atoms with E-state index in [1.165, 1.54) is 11.3 Å². The minimum absolute atomic E-state index is 0.0397. The molecule has 2 amide bonds. The Balaban J connectivity index is 1.95. The molecule has 0 aliphatic heterocycles. The van der Waals surface area contributed by atoms with Gasteiger partial charge >= 0.3 is 0 Å². The molecule has 7 heteroatoms. The van der Waals surface area contributed by atoms with E-state index in [1.807, 2.05) is 0 Å². The number of hydrogen-bond acceptors (Lipinski definition) is 5. The molecule has 0 saturated heterocycles. The van der Waals surface area contributed by atoms with Crippen LogP contribution in [0, 0.1) is 5.92 Å². The summed E-state index contributed by atoms with van der Waals surface area (Å²) < 4.78 is 0. The first kappa shape index (κ1) is 13.1. The molecule has 0 unspecified atom stereocenters. The second-order valence-electron chi connectivity index (χ2n) is 5.18. The Morgan fingerprint density at radius 3 is 2.70 bits per heavy atom. The van der Waals surface area contributed by atoms with Gasteiger partial charge in [0.25, 0.3) is 5.91 Å². The number of carbonyl (C=O) groups excluding carboxylic acids is 2. The molecule has 0 atom stereocenters. The van der Waals surface area contributed by atoms with Gasteiger partial charge in [0, 0.05) is 17.2 Å². The van der Waals surface area contributed by atoms with E-state index >= 15 is 0 Å². The number of amides is 2. The summed E-state index contributed by atoms with van der Waals surface area (Å²) in [6.45, 7) is 0. The van der Waals surface area contributed by atoms with Crippen molar-refractivity contribution >= 4 is 33.9 Å². The fourth-order valence-electron chi connectivity index (χ4n) is 2.46. The van der Waals surface area contributed by atoms with Crippen molar-refractivity contribution < 1.29 is 14.8 Å². The number of rotatable bonds is 3. The van der Waals surface area contributed by atoms with Crippen LogP contribution in [0.1, 0.15) is 40.1 Å². The van der Waals surface area contributed by atoms with Gasteiger partial charge in [-0.3, -0.25) is 9.59 Å². The number of oxime groups is 1. The van der Waals surface area contributed by atoms with E-state index in [0.29, 0.717) is 35.5 Å². The molecule has 0 spiro atoms. The number of nitrogens with one attached hydrogen (secondary N) is 1. The number of thiophene rings is 1. The van der Waals surface area contributed by atoms with Gasteiger partial charge in [-0.1, -0.05) is 5.16 Å². The van der Waals surface area contributed by atoms with Crippen molar-refractivity contribution in [2.45, 2.75) is 32.1 Å². The Morgan fingerprint density at radius 2 is 2.10 bits per heavy atom. The second-order valence-corrected chi connectivity index (χ2v) is 6.28. The van der Waals surface area contributed by atoms with Crippen LogP contribution in [0.5, 0.6) is 0 Å². The molecule has 2 aliphatic rings. The summed E-state index contributed by atoms with van der Waals surface area (Å²) in [5, 5.41) is 15.5. The van der Waals surface area contributed by atoms with Crippen LogP contribution in [-0.4, -0.2) is 22.7 Å². The van der Waals surface area contributed by atoms with Crippen molar-refractivity contribution in [3.8, 4) is 0 Å². The van der Waals surface area contributed by atoms with Gasteiger partial charge in [0.05, 0.1) is 11.3 Å². The molecule has 0 aromatic carbocycles. The average Bonchev–Trinajstić information content (AvgIpc) is 3.19. The highest BCUT2D eigenvalue weighted by Gasteiger charge is 2.32. The highest BCUT2D eigenvalue weighted by atomic mass is 32.1. The first-order chi connectivity index (χ1) is 9.60. The predicted octanol–water partition coefficient (Wildman–Crippen LogP) is 1.51. The lowest BCUT2D eigenvalue weighted by atomic mass is 9.94. The lowest BCUT2D eigenvalue weighted by Gasteiger charge is -2.12. The number of nitrogens with two attached hydrogens (primary N) is 1. The van der Waals surface area contributed by atoms with Gasteiger partial charge in [0.1, 0.15) is 5.00 Å². The molecule has 4 N–H and O–H groups in total. The topological polar surface area (TPSA) is 105 Å². The average molecular weight is 293 g/mol. The van der Waals surface area contributed by atoms with Crippen molar-refractivity contribution in [1.29, 1.82) is 0 Å². The highest BCUT2D eigenvalue weighted by Crippen LogP contribution is 2.39. The zero-order valence-corrected chi connectivity index (χ0v) is 11.6. The summed E-state index contributed by atoms with van der Waals surface area (Å²) in [4.78, 5) is 24.5. The summed E-state index contributed by atoms with van der Waals surface area (Å²) in [5.41, 5.74) is 7.46. The molecular weight excluding hydrogens is 278 g/mol. The monoisotopic (exact) mass is 293 g/mol. The van der Waals surface area contributed by atoms with E-state index < -0.39 is 5.91 Å². The zero-order chi connectivity index (χ0) is 14.3. The van der Waals surface area contributed by atoms with Gasteiger partial charge in [-0.05, 0) is 31.2 Å². The van der Waals surface area contributed by atoms with Gasteiger partial charge in [-0.15, -0.1) is 11.3 Å². The minimum Gasteiger partial charge on any atom is -0.411 e. The maximum absolute atomic E-state index is 11.9. The Kier molecular flexibility index (Phi) is 3.21. The fraction of sp³-hybridized carbons (Fsp3) is 0.462. The van der Waals surface area contributed by atoms with E-state index in [-0.39, 0.29) is 11.8 Å². The molecule has 6 nitrogen and oxygen atoms in total. The summed E-state index contributed by atoms with van der Waals surface area (Å²) in [6, 6.07) is 0. The molecule has 1 saturated carbocycles. The van der Waals surface area contributed by atoms with E-state index in [9.17, 15) is 9.59 Å². The largest absolute Gasteiger partial charge is 0.411 e.